The Balaban J connectivity index is 2.77. The lowest BCUT2D eigenvalue weighted by atomic mass is 10.3. The molecule has 0 saturated heterocycles. The number of carbonyl (C=O) groups is 1. The summed E-state index contributed by atoms with van der Waals surface area (Å²) in [5.41, 5.74) is 0.562. The average Bonchev–Trinajstić information content (AvgIpc) is 2.44. The molecule has 106 valence electrons. The zero-order valence-corrected chi connectivity index (χ0v) is 12.1. The minimum Gasteiger partial charge on any atom is -0.469 e. The standard InChI is InChI=1S/C12H18N2O4S/c1-13(10-9-12(15)18-3)19(16,17)14(2)11-7-5-4-6-8-11/h4-8H,9-10H2,1-3H3. The first-order valence-electron chi connectivity index (χ1n) is 5.71. The molecule has 6 nitrogen and oxygen atoms in total. The first-order chi connectivity index (χ1) is 8.89. The van der Waals surface area contributed by atoms with E-state index in [9.17, 15) is 13.2 Å². The maximum atomic E-state index is 12.2. The van der Waals surface area contributed by atoms with E-state index in [1.165, 1.54) is 25.5 Å². The molecule has 1 aromatic rings. The summed E-state index contributed by atoms with van der Waals surface area (Å²) in [6.07, 6.45) is 0.0227. The first-order valence-corrected chi connectivity index (χ1v) is 7.11. The lowest BCUT2D eigenvalue weighted by molar-refractivity contribution is -0.140. The highest BCUT2D eigenvalue weighted by molar-refractivity contribution is 7.90. The summed E-state index contributed by atoms with van der Waals surface area (Å²) >= 11 is 0. The SMILES string of the molecule is COC(=O)CCN(C)S(=O)(=O)N(C)c1ccccc1. The van der Waals surface area contributed by atoms with Crippen molar-refractivity contribution in [1.29, 1.82) is 0 Å². The highest BCUT2D eigenvalue weighted by Gasteiger charge is 2.24. The third kappa shape index (κ3) is 3.93. The molecule has 1 rings (SSSR count). The number of hydrogen-bond acceptors (Lipinski definition) is 4. The number of hydrogen-bond donors (Lipinski definition) is 0. The molecule has 7 heteroatoms. The summed E-state index contributed by atoms with van der Waals surface area (Å²) in [5.74, 6) is -0.440. The van der Waals surface area contributed by atoms with Crippen LogP contribution in [0, 0.1) is 0 Å². The monoisotopic (exact) mass is 286 g/mol. The summed E-state index contributed by atoms with van der Waals surface area (Å²) in [6.45, 7) is 0.0756. The maximum Gasteiger partial charge on any atom is 0.306 e. The van der Waals surface area contributed by atoms with Gasteiger partial charge in [-0.25, -0.2) is 0 Å². The molecular formula is C12H18N2O4S. The fourth-order valence-electron chi connectivity index (χ4n) is 1.45. The number of ether oxygens (including phenoxy) is 1. The van der Waals surface area contributed by atoms with Crippen molar-refractivity contribution in [2.75, 3.05) is 32.1 Å². The molecule has 0 aliphatic rings. The van der Waals surface area contributed by atoms with Gasteiger partial charge in [-0.15, -0.1) is 0 Å². The molecule has 0 N–H and O–H groups in total. The van der Waals surface area contributed by atoms with Gasteiger partial charge in [-0.3, -0.25) is 9.10 Å². The van der Waals surface area contributed by atoms with Crippen LogP contribution in [0.3, 0.4) is 0 Å². The summed E-state index contributed by atoms with van der Waals surface area (Å²) in [7, 11) is 0.534. The van der Waals surface area contributed by atoms with Crippen molar-refractivity contribution in [3.05, 3.63) is 30.3 Å². The number of methoxy groups -OCH3 is 1. The van der Waals surface area contributed by atoms with Crippen molar-refractivity contribution in [2.45, 2.75) is 6.42 Å². The van der Waals surface area contributed by atoms with Crippen LogP contribution in [0.5, 0.6) is 0 Å². The Kier molecular flexibility index (Phi) is 5.31. The van der Waals surface area contributed by atoms with E-state index in [0.717, 1.165) is 4.31 Å². The van der Waals surface area contributed by atoms with Crippen LogP contribution in [-0.2, 0) is 19.7 Å². The Bertz CT molecular complexity index is 516. The van der Waals surface area contributed by atoms with Crippen LogP contribution in [0.2, 0.25) is 0 Å². The third-order valence-corrected chi connectivity index (χ3v) is 4.59. The van der Waals surface area contributed by atoms with E-state index >= 15 is 0 Å². The Morgan fingerprint density at radius 3 is 2.32 bits per heavy atom. The van der Waals surface area contributed by atoms with E-state index in [1.54, 1.807) is 24.3 Å². The van der Waals surface area contributed by atoms with E-state index in [2.05, 4.69) is 4.74 Å². The largest absolute Gasteiger partial charge is 0.469 e. The molecule has 0 spiro atoms. The van der Waals surface area contributed by atoms with Crippen LogP contribution >= 0.6 is 0 Å². The number of benzene rings is 1. The lowest BCUT2D eigenvalue weighted by Gasteiger charge is -2.25. The molecule has 0 unspecified atom stereocenters. The third-order valence-electron chi connectivity index (χ3n) is 2.72. The number of rotatable bonds is 6. The van der Waals surface area contributed by atoms with Gasteiger partial charge in [0.25, 0.3) is 0 Å². The number of anilines is 1. The molecule has 0 fully saturated rings. The number of esters is 1. The molecule has 0 saturated carbocycles. The van der Waals surface area contributed by atoms with Crippen molar-refractivity contribution >= 4 is 21.9 Å². The smallest absolute Gasteiger partial charge is 0.306 e. The molecule has 0 amide bonds. The van der Waals surface area contributed by atoms with E-state index in [4.69, 9.17) is 0 Å². The molecule has 0 atom stereocenters. The van der Waals surface area contributed by atoms with E-state index < -0.39 is 16.2 Å². The van der Waals surface area contributed by atoms with Gasteiger partial charge in [0.05, 0.1) is 19.2 Å². The fraction of sp³-hybridized carbons (Fsp3) is 0.417. The van der Waals surface area contributed by atoms with Crippen LogP contribution < -0.4 is 4.31 Å². The molecule has 0 aromatic heterocycles. The number of nitrogens with zero attached hydrogens (tertiary/aromatic N) is 2. The molecule has 0 radical (unpaired) electrons. The lowest BCUT2D eigenvalue weighted by Crippen LogP contribution is -2.40. The molecule has 0 aliphatic carbocycles. The quantitative estimate of drug-likeness (QED) is 0.728. The average molecular weight is 286 g/mol. The van der Waals surface area contributed by atoms with Crippen LogP contribution in [0.25, 0.3) is 0 Å². The Morgan fingerprint density at radius 1 is 1.21 bits per heavy atom. The van der Waals surface area contributed by atoms with Gasteiger partial charge >= 0.3 is 16.2 Å². The fourth-order valence-corrected chi connectivity index (χ4v) is 2.57. The van der Waals surface area contributed by atoms with Gasteiger partial charge in [-0.2, -0.15) is 12.7 Å². The van der Waals surface area contributed by atoms with Gasteiger partial charge < -0.3 is 4.74 Å². The van der Waals surface area contributed by atoms with Crippen molar-refractivity contribution in [3.63, 3.8) is 0 Å². The van der Waals surface area contributed by atoms with Crippen LogP contribution in [0.1, 0.15) is 6.42 Å². The molecule has 0 bridgehead atoms. The summed E-state index contributed by atoms with van der Waals surface area (Å²) in [4.78, 5) is 11.0. The van der Waals surface area contributed by atoms with Gasteiger partial charge in [0.2, 0.25) is 0 Å². The summed E-state index contributed by atoms with van der Waals surface area (Å²) < 4.78 is 31.2. The zero-order valence-electron chi connectivity index (χ0n) is 11.2. The van der Waals surface area contributed by atoms with Crippen molar-refractivity contribution in [2.24, 2.45) is 0 Å². The molecular weight excluding hydrogens is 268 g/mol. The van der Waals surface area contributed by atoms with Crippen molar-refractivity contribution in [1.82, 2.24) is 4.31 Å². The summed E-state index contributed by atoms with van der Waals surface area (Å²) in [6, 6.07) is 8.73. The van der Waals surface area contributed by atoms with Gasteiger partial charge in [-0.1, -0.05) is 18.2 Å². The van der Waals surface area contributed by atoms with Gasteiger partial charge in [0.15, 0.2) is 0 Å². The predicted octanol–water partition coefficient (Wildman–Crippen LogP) is 0.862. The molecule has 0 aliphatic heterocycles. The number of carbonyl (C=O) groups excluding carboxylic acids is 1. The normalized spacial score (nSPS) is 11.4. The Hall–Kier alpha value is -1.60. The Labute approximate surface area is 113 Å². The van der Waals surface area contributed by atoms with Gasteiger partial charge in [0.1, 0.15) is 0 Å². The maximum absolute atomic E-state index is 12.2. The van der Waals surface area contributed by atoms with Crippen molar-refractivity contribution < 1.29 is 17.9 Å². The molecule has 19 heavy (non-hydrogen) atoms. The van der Waals surface area contributed by atoms with Gasteiger partial charge in [0, 0.05) is 20.6 Å². The van der Waals surface area contributed by atoms with Gasteiger partial charge in [-0.05, 0) is 12.1 Å². The van der Waals surface area contributed by atoms with Crippen molar-refractivity contribution in [3.8, 4) is 0 Å². The zero-order chi connectivity index (χ0) is 14.5. The minimum atomic E-state index is -3.64. The van der Waals surface area contributed by atoms with Crippen LogP contribution in [0.15, 0.2) is 30.3 Å². The highest BCUT2D eigenvalue weighted by atomic mass is 32.2. The molecule has 1 aromatic carbocycles. The predicted molar refractivity (Wildman–Crippen MR) is 73.0 cm³/mol. The first kappa shape index (κ1) is 15.5. The van der Waals surface area contributed by atoms with E-state index in [-0.39, 0.29) is 13.0 Å². The van der Waals surface area contributed by atoms with Crippen LogP contribution in [0.4, 0.5) is 5.69 Å². The second-order valence-corrected chi connectivity index (χ2v) is 6.03. The second-order valence-electron chi connectivity index (χ2n) is 3.96. The minimum absolute atomic E-state index is 0.0227. The highest BCUT2D eigenvalue weighted by Crippen LogP contribution is 2.17. The summed E-state index contributed by atoms with van der Waals surface area (Å²) in [5, 5.41) is 0. The topological polar surface area (TPSA) is 66.9 Å². The van der Waals surface area contributed by atoms with E-state index in [0.29, 0.717) is 5.69 Å². The second kappa shape index (κ2) is 6.53. The molecule has 0 heterocycles. The van der Waals surface area contributed by atoms with E-state index in [1.807, 2.05) is 6.07 Å². The van der Waals surface area contributed by atoms with Crippen LogP contribution in [-0.4, -0.2) is 46.4 Å². The Morgan fingerprint density at radius 2 is 1.79 bits per heavy atom. The number of para-hydroxylation sites is 1.